The zero-order valence-electron chi connectivity index (χ0n) is 36.1. The SMILES string of the molecule is COc1cc(/C=C/C(=O)OC[C@H]2O[C@@H](O[C@H]3[C@H](Oc4c(-c5ccc(O)cc5)oc5cc(O)cc(O)c5c4=O)O[C@H](CO[C@@H]4O[C@@H](C)[C@H](O)[C@@H](O)[C@H]4O)[C@@H](O)[C@@H]3O)[C@H](O)[C@@H](O)[C@@H]2O)cc(OC)c1O. The molecule has 0 radical (unpaired) electrons. The minimum atomic E-state index is -2.15. The van der Waals surface area contributed by atoms with Crippen molar-refractivity contribution in [2.24, 2.45) is 0 Å². The van der Waals surface area contributed by atoms with Gasteiger partial charge in [-0.05, 0) is 55.0 Å². The lowest BCUT2D eigenvalue weighted by Gasteiger charge is -2.46. The largest absolute Gasteiger partial charge is 0.508 e. The van der Waals surface area contributed by atoms with Crippen molar-refractivity contribution < 1.29 is 113 Å². The highest BCUT2D eigenvalue weighted by Crippen LogP contribution is 2.40. The molecule has 12 N–H and O–H groups in total. The van der Waals surface area contributed by atoms with E-state index < -0.39 is 145 Å². The Kier molecular flexibility index (Phi) is 15.3. The van der Waals surface area contributed by atoms with Crippen molar-refractivity contribution in [3.05, 3.63) is 70.4 Å². The first kappa shape index (κ1) is 50.0. The van der Waals surface area contributed by atoms with Gasteiger partial charge in [0.05, 0.1) is 26.9 Å². The van der Waals surface area contributed by atoms with E-state index in [1.165, 1.54) is 63.6 Å². The fourth-order valence-electron chi connectivity index (χ4n) is 7.63. The number of benzene rings is 3. The van der Waals surface area contributed by atoms with Crippen molar-refractivity contribution in [2.45, 2.75) is 99.0 Å². The van der Waals surface area contributed by atoms with Gasteiger partial charge in [-0.1, -0.05) is 0 Å². The number of aliphatic hydroxyl groups is 8. The quantitative estimate of drug-likeness (QED) is 0.0501. The number of ether oxygens (including phenoxy) is 9. The number of fused-ring (bicyclic) bond motifs is 1. The third-order valence-corrected chi connectivity index (χ3v) is 11.4. The Balaban J connectivity index is 1.18. The molecule has 0 unspecified atom stereocenters. The summed E-state index contributed by atoms with van der Waals surface area (Å²) >= 11 is 0. The molecule has 3 aliphatic rings. The normalized spacial score (nSPS) is 32.0. The smallest absolute Gasteiger partial charge is 0.330 e. The average Bonchev–Trinajstić information content (AvgIpc) is 3.31. The van der Waals surface area contributed by atoms with Crippen molar-refractivity contribution >= 4 is 23.0 Å². The van der Waals surface area contributed by atoms with Crippen LogP contribution in [0, 0.1) is 0 Å². The van der Waals surface area contributed by atoms with Gasteiger partial charge < -0.3 is 108 Å². The number of hydrogen-bond donors (Lipinski definition) is 12. The fraction of sp³-hybridized carbons (Fsp3) is 0.455. The molecule has 4 aromatic rings. The molecule has 3 aromatic carbocycles. The third-order valence-electron chi connectivity index (χ3n) is 11.4. The predicted molar refractivity (Wildman–Crippen MR) is 225 cm³/mol. The van der Waals surface area contributed by atoms with Gasteiger partial charge in [0.25, 0.3) is 0 Å². The Labute approximate surface area is 384 Å². The second-order valence-electron chi connectivity index (χ2n) is 16.0. The molecular weight excluding hydrogens is 912 g/mol. The van der Waals surface area contributed by atoms with Crippen molar-refractivity contribution in [1.29, 1.82) is 0 Å². The lowest BCUT2D eigenvalue weighted by molar-refractivity contribution is -0.362. The summed E-state index contributed by atoms with van der Waals surface area (Å²) in [5, 5.41) is 128. The van der Waals surface area contributed by atoms with Crippen LogP contribution in [0.3, 0.4) is 0 Å². The van der Waals surface area contributed by atoms with Crippen LogP contribution in [-0.4, -0.2) is 187 Å². The van der Waals surface area contributed by atoms with Gasteiger partial charge in [-0.3, -0.25) is 4.79 Å². The summed E-state index contributed by atoms with van der Waals surface area (Å²) in [4.78, 5) is 27.1. The van der Waals surface area contributed by atoms with Crippen LogP contribution in [-0.2, 0) is 33.2 Å². The van der Waals surface area contributed by atoms with Crippen LogP contribution in [0.25, 0.3) is 28.4 Å². The van der Waals surface area contributed by atoms with E-state index in [2.05, 4.69) is 0 Å². The van der Waals surface area contributed by atoms with E-state index in [1.807, 2.05) is 0 Å². The summed E-state index contributed by atoms with van der Waals surface area (Å²) < 4.78 is 56.3. The monoisotopic (exact) mass is 962 g/mol. The van der Waals surface area contributed by atoms with Crippen molar-refractivity contribution in [3.63, 3.8) is 0 Å². The lowest BCUT2D eigenvalue weighted by atomic mass is 9.97. The summed E-state index contributed by atoms with van der Waals surface area (Å²) in [6.07, 6.45) is -25.2. The highest BCUT2D eigenvalue weighted by molar-refractivity contribution is 5.88. The number of phenolic OH excluding ortho intramolecular Hbond substituents is 4. The van der Waals surface area contributed by atoms with E-state index in [9.17, 15) is 70.9 Å². The average molecular weight is 963 g/mol. The van der Waals surface area contributed by atoms with Crippen LogP contribution in [0.15, 0.2) is 63.8 Å². The molecule has 68 heavy (non-hydrogen) atoms. The van der Waals surface area contributed by atoms with Crippen molar-refractivity contribution in [2.75, 3.05) is 27.4 Å². The summed E-state index contributed by atoms with van der Waals surface area (Å²) in [5.74, 6) is -3.77. The Bertz CT molecular complexity index is 2470. The van der Waals surface area contributed by atoms with E-state index in [1.54, 1.807) is 0 Å². The second kappa shape index (κ2) is 20.8. The zero-order valence-corrected chi connectivity index (χ0v) is 36.1. The number of carbonyl (C=O) groups is 1. The summed E-state index contributed by atoms with van der Waals surface area (Å²) in [7, 11) is 2.61. The molecule has 370 valence electrons. The number of carbonyl (C=O) groups excluding carboxylic acids is 1. The molecule has 1 aromatic heterocycles. The topological polar surface area (TPSA) is 373 Å². The summed E-state index contributed by atoms with van der Waals surface area (Å²) in [6.45, 7) is -0.132. The summed E-state index contributed by atoms with van der Waals surface area (Å²) in [5.41, 5.74) is -1.00. The molecule has 15 atom stereocenters. The van der Waals surface area contributed by atoms with Crippen molar-refractivity contribution in [3.8, 4) is 51.6 Å². The lowest BCUT2D eigenvalue weighted by Crippen LogP contribution is -2.65. The first-order valence-corrected chi connectivity index (χ1v) is 20.8. The number of aliphatic hydroxyl groups excluding tert-OH is 8. The highest BCUT2D eigenvalue weighted by atomic mass is 16.8. The number of aromatic hydroxyl groups is 4. The Morgan fingerprint density at radius 2 is 1.28 bits per heavy atom. The van der Waals surface area contributed by atoms with Gasteiger partial charge in [-0.2, -0.15) is 0 Å². The van der Waals surface area contributed by atoms with E-state index >= 15 is 0 Å². The molecule has 3 saturated heterocycles. The maximum atomic E-state index is 14.3. The zero-order chi connectivity index (χ0) is 49.3. The maximum absolute atomic E-state index is 14.3. The standard InChI is InChI=1S/C44H50O24/c1-16-29(49)34(54)37(57)42(63-16)62-15-26-32(52)36(56)41(44(66-26)67-40-33(53)28-21(47)12-20(46)13-22(28)64-39(40)18-5-7-19(45)8-6-18)68-43-38(58)35(55)31(51)25(65-43)14-61-27(48)9-4-17-10-23(59-2)30(50)24(11-17)60-3/h4-13,16,25-26,29,31-32,34-38,41-47,49-52,54-58H,14-15H2,1-3H3/b9-4+/t16-,25+,26+,29-,31+,32+,34+,35-,36-,37+,38+,41+,42+,43-,44-/m0/s1. The number of rotatable bonds is 14. The van der Waals surface area contributed by atoms with Crippen molar-refractivity contribution in [1.82, 2.24) is 0 Å². The molecule has 0 spiro atoms. The first-order chi connectivity index (χ1) is 32.3. The van der Waals surface area contributed by atoms with E-state index in [4.69, 9.17) is 47.0 Å². The molecule has 0 aliphatic carbocycles. The van der Waals surface area contributed by atoms with Gasteiger partial charge in [0.1, 0.15) is 95.9 Å². The molecule has 7 rings (SSSR count). The van der Waals surface area contributed by atoms with Gasteiger partial charge in [0.2, 0.25) is 23.2 Å². The molecule has 0 amide bonds. The molecule has 0 bridgehead atoms. The molecule has 24 nitrogen and oxygen atoms in total. The minimum absolute atomic E-state index is 0.0388. The van der Waals surface area contributed by atoms with Crippen LogP contribution >= 0.6 is 0 Å². The van der Waals surface area contributed by atoms with Crippen LogP contribution in [0.2, 0.25) is 0 Å². The summed E-state index contributed by atoms with van der Waals surface area (Å²) in [6, 6.07) is 9.74. The van der Waals surface area contributed by atoms with Gasteiger partial charge in [-0.25, -0.2) is 4.79 Å². The van der Waals surface area contributed by atoms with Crippen LogP contribution in [0.4, 0.5) is 0 Å². The molecule has 0 saturated carbocycles. The van der Waals surface area contributed by atoms with E-state index in [-0.39, 0.29) is 34.1 Å². The predicted octanol–water partition coefficient (Wildman–Crippen LogP) is -1.58. The van der Waals surface area contributed by atoms with Crippen LogP contribution in [0.1, 0.15) is 12.5 Å². The molecule has 3 aliphatic heterocycles. The minimum Gasteiger partial charge on any atom is -0.508 e. The Morgan fingerprint density at radius 1 is 0.676 bits per heavy atom. The Morgan fingerprint density at radius 3 is 1.94 bits per heavy atom. The Hall–Kier alpha value is -5.84. The number of methoxy groups -OCH3 is 2. The second-order valence-corrected chi connectivity index (χ2v) is 16.0. The number of phenols is 4. The molecule has 24 heteroatoms. The van der Waals surface area contributed by atoms with Gasteiger partial charge in [0, 0.05) is 23.8 Å². The number of hydrogen-bond acceptors (Lipinski definition) is 24. The van der Waals surface area contributed by atoms with Gasteiger partial charge >= 0.3 is 5.97 Å². The van der Waals surface area contributed by atoms with Gasteiger partial charge in [-0.15, -0.1) is 0 Å². The highest BCUT2D eigenvalue weighted by Gasteiger charge is 2.53. The van der Waals surface area contributed by atoms with E-state index in [0.29, 0.717) is 5.56 Å². The number of esters is 1. The third kappa shape index (κ3) is 10.3. The van der Waals surface area contributed by atoms with Crippen LogP contribution < -0.4 is 19.6 Å². The van der Waals surface area contributed by atoms with E-state index in [0.717, 1.165) is 18.2 Å². The van der Waals surface area contributed by atoms with Gasteiger partial charge in [0.15, 0.2) is 35.9 Å². The maximum Gasteiger partial charge on any atom is 0.330 e. The molecular formula is C44H50O24. The van der Waals surface area contributed by atoms with Crippen LogP contribution in [0.5, 0.6) is 40.2 Å². The first-order valence-electron chi connectivity index (χ1n) is 20.8. The molecule has 4 heterocycles. The molecule has 3 fully saturated rings. The fourth-order valence-corrected chi connectivity index (χ4v) is 7.63.